The second-order valence-electron chi connectivity index (χ2n) is 4.55. The van der Waals surface area contributed by atoms with Crippen molar-refractivity contribution in [3.63, 3.8) is 0 Å². The summed E-state index contributed by atoms with van der Waals surface area (Å²) in [5, 5.41) is 3.01. The lowest BCUT2D eigenvalue weighted by Crippen LogP contribution is -2.35. The van der Waals surface area contributed by atoms with E-state index in [0.29, 0.717) is 23.4 Å². The van der Waals surface area contributed by atoms with Crippen molar-refractivity contribution < 1.29 is 14.3 Å². The van der Waals surface area contributed by atoms with Gasteiger partial charge in [0.2, 0.25) is 0 Å². The highest BCUT2D eigenvalue weighted by molar-refractivity contribution is 6.01. The number of hydrogen-bond donors (Lipinski definition) is 1. The van der Waals surface area contributed by atoms with Gasteiger partial charge in [0.15, 0.2) is 12.4 Å². The highest BCUT2D eigenvalue weighted by Gasteiger charge is 2.23. The van der Waals surface area contributed by atoms with Gasteiger partial charge in [-0.15, -0.1) is 0 Å². The quantitative estimate of drug-likeness (QED) is 0.640. The molecule has 19 heavy (non-hydrogen) atoms. The van der Waals surface area contributed by atoms with Crippen molar-refractivity contribution in [2.45, 2.75) is 12.8 Å². The molecule has 0 spiro atoms. The van der Waals surface area contributed by atoms with Gasteiger partial charge in [-0.2, -0.15) is 0 Å². The molecular formula is C14H18N2O3. The maximum atomic E-state index is 12.0. The molecule has 0 aliphatic carbocycles. The molecule has 0 aromatic heterocycles. The first-order valence-corrected chi connectivity index (χ1v) is 6.34. The molecule has 1 heterocycles. The summed E-state index contributed by atoms with van der Waals surface area (Å²) < 4.78 is 5.33. The first-order valence-electron chi connectivity index (χ1n) is 6.34. The maximum absolute atomic E-state index is 12.0. The van der Waals surface area contributed by atoms with Gasteiger partial charge >= 0.3 is 0 Å². The number of carbonyl (C=O) groups excluding carboxylic acids is 2. The minimum absolute atomic E-state index is 0.0545. The second-order valence-corrected chi connectivity index (χ2v) is 4.55. The lowest BCUT2D eigenvalue weighted by atomic mass is 10.0. The van der Waals surface area contributed by atoms with Crippen LogP contribution in [0.2, 0.25) is 0 Å². The number of fused-ring (bicyclic) bond motifs is 1. The van der Waals surface area contributed by atoms with Crippen molar-refractivity contribution in [2.24, 2.45) is 0 Å². The van der Waals surface area contributed by atoms with Crippen molar-refractivity contribution in [1.29, 1.82) is 0 Å². The summed E-state index contributed by atoms with van der Waals surface area (Å²) in [5.41, 5.74) is 1.29. The van der Waals surface area contributed by atoms with E-state index in [-0.39, 0.29) is 18.3 Å². The molecule has 0 radical (unpaired) electrons. The number of ketones is 1. The summed E-state index contributed by atoms with van der Waals surface area (Å²) in [6.45, 7) is 0.872. The van der Waals surface area contributed by atoms with Crippen LogP contribution in [-0.4, -0.2) is 38.9 Å². The molecule has 1 amide bonds. The fourth-order valence-corrected chi connectivity index (χ4v) is 2.02. The zero-order valence-corrected chi connectivity index (χ0v) is 11.2. The predicted molar refractivity (Wildman–Crippen MR) is 72.8 cm³/mol. The molecule has 1 aliphatic rings. The standard InChI is InChI=1S/C14H18N2O3/c1-15-7-3-4-12(17)10-5-6-13-11(8-10)16(2)14(18)9-19-13/h5-6,8,15H,3-4,7,9H2,1-2H3. The van der Waals surface area contributed by atoms with Crippen LogP contribution in [0.1, 0.15) is 23.2 Å². The third kappa shape index (κ3) is 2.93. The number of nitrogens with one attached hydrogen (secondary N) is 1. The van der Waals surface area contributed by atoms with Gasteiger partial charge in [-0.1, -0.05) is 0 Å². The normalized spacial score (nSPS) is 14.0. The Morgan fingerprint density at radius 2 is 2.26 bits per heavy atom. The van der Waals surface area contributed by atoms with E-state index in [1.807, 2.05) is 7.05 Å². The number of hydrogen-bond acceptors (Lipinski definition) is 4. The van der Waals surface area contributed by atoms with Crippen molar-refractivity contribution in [3.05, 3.63) is 23.8 Å². The zero-order valence-electron chi connectivity index (χ0n) is 11.2. The molecule has 5 nitrogen and oxygen atoms in total. The highest BCUT2D eigenvalue weighted by Crippen LogP contribution is 2.32. The van der Waals surface area contributed by atoms with Crippen molar-refractivity contribution in [1.82, 2.24) is 5.32 Å². The van der Waals surface area contributed by atoms with E-state index in [2.05, 4.69) is 5.32 Å². The summed E-state index contributed by atoms with van der Waals surface area (Å²) in [7, 11) is 3.56. The summed E-state index contributed by atoms with van der Waals surface area (Å²) in [6.07, 6.45) is 1.30. The smallest absolute Gasteiger partial charge is 0.264 e. The molecule has 0 saturated heterocycles. The lowest BCUT2D eigenvalue weighted by molar-refractivity contribution is -0.120. The molecule has 1 aromatic carbocycles. The Morgan fingerprint density at radius 1 is 1.47 bits per heavy atom. The number of likely N-dealkylation sites (N-methyl/N-ethyl adjacent to an activating group) is 1. The molecule has 102 valence electrons. The molecule has 0 unspecified atom stereocenters. The molecule has 1 aliphatic heterocycles. The third-order valence-electron chi connectivity index (χ3n) is 3.20. The van der Waals surface area contributed by atoms with Gasteiger partial charge in [0.25, 0.3) is 5.91 Å². The van der Waals surface area contributed by atoms with Crippen LogP contribution >= 0.6 is 0 Å². The first kappa shape index (κ1) is 13.5. The van der Waals surface area contributed by atoms with E-state index in [9.17, 15) is 9.59 Å². The van der Waals surface area contributed by atoms with Gasteiger partial charge in [0.05, 0.1) is 5.69 Å². The van der Waals surface area contributed by atoms with Crippen molar-refractivity contribution >= 4 is 17.4 Å². The van der Waals surface area contributed by atoms with Crippen LogP contribution in [-0.2, 0) is 4.79 Å². The number of benzene rings is 1. The number of rotatable bonds is 5. The van der Waals surface area contributed by atoms with Gasteiger partial charge in [-0.25, -0.2) is 0 Å². The van der Waals surface area contributed by atoms with E-state index in [1.54, 1.807) is 25.2 Å². The Labute approximate surface area is 112 Å². The molecule has 0 atom stereocenters. The van der Waals surface area contributed by atoms with Crippen LogP contribution in [0.5, 0.6) is 5.75 Å². The van der Waals surface area contributed by atoms with Crippen LogP contribution in [0.4, 0.5) is 5.69 Å². The van der Waals surface area contributed by atoms with Gasteiger partial charge in [0.1, 0.15) is 5.75 Å². The average Bonchev–Trinajstić information content (AvgIpc) is 2.43. The number of anilines is 1. The SMILES string of the molecule is CNCCCC(=O)c1ccc2c(c1)N(C)C(=O)CO2. The largest absolute Gasteiger partial charge is 0.482 e. The third-order valence-corrected chi connectivity index (χ3v) is 3.20. The number of ether oxygens (including phenoxy) is 1. The molecular weight excluding hydrogens is 244 g/mol. The van der Waals surface area contributed by atoms with Crippen LogP contribution in [0.25, 0.3) is 0 Å². The van der Waals surface area contributed by atoms with Gasteiger partial charge in [-0.3, -0.25) is 9.59 Å². The monoisotopic (exact) mass is 262 g/mol. The Morgan fingerprint density at radius 3 is 3.00 bits per heavy atom. The van der Waals surface area contributed by atoms with Crippen molar-refractivity contribution in [2.75, 3.05) is 32.1 Å². The summed E-state index contributed by atoms with van der Waals surface area (Å²) >= 11 is 0. The van der Waals surface area contributed by atoms with E-state index < -0.39 is 0 Å². The summed E-state index contributed by atoms with van der Waals surface area (Å²) in [6, 6.07) is 5.24. The first-order chi connectivity index (χ1) is 9.13. The topological polar surface area (TPSA) is 58.6 Å². The number of nitrogens with zero attached hydrogens (tertiary/aromatic N) is 1. The average molecular weight is 262 g/mol. The summed E-state index contributed by atoms with van der Waals surface area (Å²) in [4.78, 5) is 25.1. The second kappa shape index (κ2) is 5.84. The predicted octanol–water partition coefficient (Wildman–Crippen LogP) is 1.22. The fourth-order valence-electron chi connectivity index (χ4n) is 2.02. The maximum Gasteiger partial charge on any atom is 0.264 e. The molecule has 0 bridgehead atoms. The minimum atomic E-state index is -0.104. The number of carbonyl (C=O) groups is 2. The van der Waals surface area contributed by atoms with Crippen LogP contribution in [0.3, 0.4) is 0 Å². The van der Waals surface area contributed by atoms with Gasteiger partial charge in [0, 0.05) is 19.0 Å². The fraction of sp³-hybridized carbons (Fsp3) is 0.429. The van der Waals surface area contributed by atoms with Gasteiger partial charge in [-0.05, 0) is 38.2 Å². The van der Waals surface area contributed by atoms with E-state index >= 15 is 0 Å². The zero-order chi connectivity index (χ0) is 13.8. The number of amides is 1. The lowest BCUT2D eigenvalue weighted by Gasteiger charge is -2.26. The Kier molecular flexibility index (Phi) is 4.16. The molecule has 2 rings (SSSR count). The molecule has 0 fully saturated rings. The van der Waals surface area contributed by atoms with E-state index in [1.165, 1.54) is 4.90 Å². The molecule has 0 saturated carbocycles. The van der Waals surface area contributed by atoms with Crippen molar-refractivity contribution in [3.8, 4) is 5.75 Å². The number of Topliss-reactive ketones (excluding diaryl/α,β-unsaturated/α-hetero) is 1. The summed E-state index contributed by atoms with van der Waals surface area (Å²) in [5.74, 6) is 0.630. The molecule has 1 N–H and O–H groups in total. The van der Waals surface area contributed by atoms with Gasteiger partial charge < -0.3 is 15.0 Å². The molecule has 5 heteroatoms. The van der Waals surface area contributed by atoms with E-state index in [4.69, 9.17) is 4.74 Å². The van der Waals surface area contributed by atoms with Crippen LogP contribution in [0, 0.1) is 0 Å². The highest BCUT2D eigenvalue weighted by atomic mass is 16.5. The van der Waals surface area contributed by atoms with Crippen LogP contribution < -0.4 is 15.0 Å². The molecule has 1 aromatic rings. The minimum Gasteiger partial charge on any atom is -0.482 e. The Bertz CT molecular complexity index is 499. The Balaban J connectivity index is 2.16. The van der Waals surface area contributed by atoms with Crippen LogP contribution in [0.15, 0.2) is 18.2 Å². The van der Waals surface area contributed by atoms with E-state index in [0.717, 1.165) is 13.0 Å². The Hall–Kier alpha value is -1.88.